The molecule has 2 rings (SSSR count). The van der Waals surface area contributed by atoms with Gasteiger partial charge in [-0.2, -0.15) is 0 Å². The second-order valence-corrected chi connectivity index (χ2v) is 6.50. The number of hydrogen-bond acceptors (Lipinski definition) is 2. The summed E-state index contributed by atoms with van der Waals surface area (Å²) in [6.07, 6.45) is 7.24. The third-order valence-corrected chi connectivity index (χ3v) is 4.38. The molecule has 0 fully saturated rings. The van der Waals surface area contributed by atoms with Crippen molar-refractivity contribution >= 4 is 11.9 Å². The van der Waals surface area contributed by atoms with Crippen LogP contribution in [0.5, 0.6) is 0 Å². The van der Waals surface area contributed by atoms with E-state index >= 15 is 0 Å². The molecule has 1 unspecified atom stereocenters. The molecule has 1 N–H and O–H groups in total. The summed E-state index contributed by atoms with van der Waals surface area (Å²) >= 11 is 0. The van der Waals surface area contributed by atoms with Crippen LogP contribution in [0, 0.1) is 29.6 Å². The van der Waals surface area contributed by atoms with Gasteiger partial charge in [0.1, 0.15) is 6.54 Å². The van der Waals surface area contributed by atoms with Crippen LogP contribution >= 0.6 is 0 Å². The van der Waals surface area contributed by atoms with Gasteiger partial charge in [-0.25, -0.2) is 0 Å². The van der Waals surface area contributed by atoms with Gasteiger partial charge in [-0.15, -0.1) is 11.8 Å². The highest BCUT2D eigenvalue weighted by atomic mass is 16.4. The van der Waals surface area contributed by atoms with Crippen LogP contribution in [-0.4, -0.2) is 35.0 Å². The highest BCUT2D eigenvalue weighted by Crippen LogP contribution is 2.18. The lowest BCUT2D eigenvalue weighted by Gasteiger charge is -2.25. The average Bonchev–Trinajstić information content (AvgIpc) is 2.71. The summed E-state index contributed by atoms with van der Waals surface area (Å²) in [7, 11) is 0. The van der Waals surface area contributed by atoms with Gasteiger partial charge < -0.3 is 10.0 Å². The minimum Gasteiger partial charge on any atom is -0.480 e. The van der Waals surface area contributed by atoms with Crippen molar-refractivity contribution in [2.24, 2.45) is 5.92 Å². The Morgan fingerprint density at radius 3 is 2.64 bits per heavy atom. The maximum absolute atomic E-state index is 12.7. The number of benzene rings is 1. The highest BCUT2D eigenvalue weighted by molar-refractivity contribution is 5.81. The molecule has 0 aliphatic heterocycles. The molecule has 0 heterocycles. The quantitative estimate of drug-likeness (QED) is 0.740. The molecular formula is C24H25NO3. The van der Waals surface area contributed by atoms with E-state index in [1.165, 1.54) is 4.90 Å². The van der Waals surface area contributed by atoms with Gasteiger partial charge in [-0.1, -0.05) is 42.2 Å². The summed E-state index contributed by atoms with van der Waals surface area (Å²) in [5.74, 6) is 9.43. The van der Waals surface area contributed by atoms with Crippen LogP contribution in [0.1, 0.15) is 41.9 Å². The van der Waals surface area contributed by atoms with E-state index in [0.717, 1.165) is 11.1 Å². The van der Waals surface area contributed by atoms with E-state index in [1.54, 1.807) is 31.2 Å². The number of carbonyl (C=O) groups excluding carboxylic acids is 1. The molecule has 1 aromatic carbocycles. The van der Waals surface area contributed by atoms with Gasteiger partial charge in [0.05, 0.1) is 0 Å². The summed E-state index contributed by atoms with van der Waals surface area (Å²) in [4.78, 5) is 25.3. The van der Waals surface area contributed by atoms with E-state index in [-0.39, 0.29) is 24.8 Å². The largest absolute Gasteiger partial charge is 0.480 e. The zero-order valence-corrected chi connectivity index (χ0v) is 15.9. The second kappa shape index (κ2) is 10.8. The monoisotopic (exact) mass is 378 g/mol. The number of aryl methyl sites for hydroxylation is 1. The Balaban J connectivity index is 1.95. The fourth-order valence-corrected chi connectivity index (χ4v) is 2.97. The van der Waals surface area contributed by atoms with E-state index in [4.69, 9.17) is 4.11 Å². The van der Waals surface area contributed by atoms with Crippen LogP contribution in [0.25, 0.3) is 0 Å². The molecule has 0 bridgehead atoms. The number of rotatable bonds is 7. The van der Waals surface area contributed by atoms with Gasteiger partial charge in [0.2, 0.25) is 5.91 Å². The Kier molecular flexibility index (Phi) is 6.52. The van der Waals surface area contributed by atoms with E-state index < -0.39 is 12.8 Å². The zero-order valence-electron chi connectivity index (χ0n) is 18.9. The molecule has 28 heavy (non-hydrogen) atoms. The van der Waals surface area contributed by atoms with Crippen LogP contribution in [-0.2, 0) is 16.0 Å². The van der Waals surface area contributed by atoms with Crippen LogP contribution in [0.4, 0.5) is 0 Å². The Morgan fingerprint density at radius 2 is 2.04 bits per heavy atom. The number of allylic oxidation sites excluding steroid dienone is 3. The molecule has 0 aromatic heterocycles. The molecule has 144 valence electrons. The van der Waals surface area contributed by atoms with Gasteiger partial charge in [0.15, 0.2) is 0 Å². The van der Waals surface area contributed by atoms with Gasteiger partial charge in [-0.05, 0) is 50.2 Å². The average molecular weight is 378 g/mol. The van der Waals surface area contributed by atoms with Crippen molar-refractivity contribution in [2.75, 3.05) is 13.1 Å². The van der Waals surface area contributed by atoms with Gasteiger partial charge in [0, 0.05) is 28.2 Å². The van der Waals surface area contributed by atoms with Gasteiger partial charge in [0.25, 0.3) is 0 Å². The van der Waals surface area contributed by atoms with E-state index in [0.29, 0.717) is 24.9 Å². The van der Waals surface area contributed by atoms with E-state index in [1.807, 2.05) is 18.2 Å². The smallest absolute Gasteiger partial charge is 0.323 e. The first-order chi connectivity index (χ1) is 14.7. The Hall–Kier alpha value is -3.24. The second-order valence-electron chi connectivity index (χ2n) is 6.50. The first-order valence-corrected chi connectivity index (χ1v) is 9.09. The maximum Gasteiger partial charge on any atom is 0.323 e. The van der Waals surface area contributed by atoms with Crippen molar-refractivity contribution in [1.82, 2.24) is 4.90 Å². The van der Waals surface area contributed by atoms with E-state index in [9.17, 15) is 14.7 Å². The topological polar surface area (TPSA) is 57.6 Å². The molecule has 4 heteroatoms. The van der Waals surface area contributed by atoms with Crippen molar-refractivity contribution in [1.29, 1.82) is 0 Å². The fourth-order valence-electron chi connectivity index (χ4n) is 2.97. The van der Waals surface area contributed by atoms with Crippen LogP contribution in [0.3, 0.4) is 0 Å². The summed E-state index contributed by atoms with van der Waals surface area (Å²) < 4.78 is 21.3. The summed E-state index contributed by atoms with van der Waals surface area (Å²) in [6, 6.07) is 7.01. The molecule has 1 aromatic rings. The summed E-state index contributed by atoms with van der Waals surface area (Å²) in [5, 5.41) is 9.20. The number of nitrogens with zero attached hydrogens (tertiary/aromatic N) is 1. The molecule has 0 saturated heterocycles. The fraction of sp³-hybridized carbons (Fsp3) is 0.333. The SMILES string of the molecule is [2H]C([2H])([2H])C#Cc1ccc(CCC(=O)N(CC(=O)O)CC2C=CC(C#CC)=CC2)cc1. The molecule has 1 atom stereocenters. The van der Waals surface area contributed by atoms with Gasteiger partial charge >= 0.3 is 5.97 Å². The van der Waals surface area contributed by atoms with Gasteiger partial charge in [-0.3, -0.25) is 9.59 Å². The molecule has 0 saturated carbocycles. The first kappa shape index (κ1) is 16.9. The molecule has 0 spiro atoms. The number of hydrogen-bond donors (Lipinski definition) is 1. The van der Waals surface area contributed by atoms with Crippen molar-refractivity contribution in [3.05, 3.63) is 59.2 Å². The Labute approximate surface area is 171 Å². The minimum absolute atomic E-state index is 0.0572. The third-order valence-electron chi connectivity index (χ3n) is 4.38. The summed E-state index contributed by atoms with van der Waals surface area (Å²) in [5.41, 5.74) is 2.41. The van der Waals surface area contributed by atoms with Crippen LogP contribution < -0.4 is 0 Å². The predicted molar refractivity (Wildman–Crippen MR) is 110 cm³/mol. The van der Waals surface area contributed by atoms with Crippen molar-refractivity contribution in [3.8, 4) is 23.7 Å². The lowest BCUT2D eigenvalue weighted by molar-refractivity contribution is -0.144. The van der Waals surface area contributed by atoms with Crippen LogP contribution in [0.2, 0.25) is 0 Å². The molecule has 1 aliphatic rings. The molecule has 0 radical (unpaired) electrons. The maximum atomic E-state index is 12.7. The number of carboxylic acids is 1. The lowest BCUT2D eigenvalue weighted by atomic mass is 9.96. The minimum atomic E-state index is -2.30. The highest BCUT2D eigenvalue weighted by Gasteiger charge is 2.20. The predicted octanol–water partition coefficient (Wildman–Crippen LogP) is 3.43. The molecule has 1 amide bonds. The molecule has 1 aliphatic carbocycles. The Morgan fingerprint density at radius 1 is 1.25 bits per heavy atom. The Bertz CT molecular complexity index is 983. The summed E-state index contributed by atoms with van der Waals surface area (Å²) in [6.45, 7) is -0.522. The normalized spacial score (nSPS) is 16.8. The lowest BCUT2D eigenvalue weighted by Crippen LogP contribution is -2.39. The number of aliphatic carboxylic acids is 1. The number of carboxylic acid groups (broad SMARTS) is 1. The number of amides is 1. The molecule has 4 nitrogen and oxygen atoms in total. The first-order valence-electron chi connectivity index (χ1n) is 10.6. The third kappa shape index (κ3) is 6.82. The zero-order chi connectivity index (χ0) is 22.9. The van der Waals surface area contributed by atoms with Crippen LogP contribution in [0.15, 0.2) is 48.1 Å². The van der Waals surface area contributed by atoms with E-state index in [2.05, 4.69) is 23.7 Å². The number of carbonyl (C=O) groups is 2. The van der Waals surface area contributed by atoms with Crippen molar-refractivity contribution in [3.63, 3.8) is 0 Å². The van der Waals surface area contributed by atoms with Crippen molar-refractivity contribution < 1.29 is 18.8 Å². The standard InChI is InChI=1S/C24H25NO3/c1-3-5-19-7-9-21(10-8-19)15-16-23(26)25(18-24(27)28)17-22-13-11-20(6-4-2)12-14-22/h7-13,22H,14-18H2,1-2H3,(H,27,28)/i1D3. The van der Waals surface area contributed by atoms with Crippen molar-refractivity contribution in [2.45, 2.75) is 33.0 Å². The molecular weight excluding hydrogens is 350 g/mol.